The predicted octanol–water partition coefficient (Wildman–Crippen LogP) is 5.27. The Kier molecular flexibility index (Phi) is 5.73. The van der Waals surface area contributed by atoms with Gasteiger partial charge in [0, 0.05) is 19.7 Å². The van der Waals surface area contributed by atoms with E-state index in [4.69, 9.17) is 0 Å². The maximum atomic E-state index is 13.4. The summed E-state index contributed by atoms with van der Waals surface area (Å²) in [4.78, 5) is 40.8. The van der Waals surface area contributed by atoms with Gasteiger partial charge in [-0.1, -0.05) is 90.7 Å². The van der Waals surface area contributed by atoms with Gasteiger partial charge in [-0.15, -0.1) is 0 Å². The number of likely N-dealkylation sites (N-methyl/N-ethyl adjacent to an activating group) is 1. The highest BCUT2D eigenvalue weighted by Gasteiger charge is 2.33. The molecule has 1 amide bonds. The van der Waals surface area contributed by atoms with E-state index in [2.05, 4.69) is 0 Å². The van der Waals surface area contributed by atoms with Gasteiger partial charge in [0.05, 0.1) is 22.3 Å². The first-order chi connectivity index (χ1) is 18.9. The van der Waals surface area contributed by atoms with Crippen LogP contribution in [0.2, 0.25) is 0 Å². The van der Waals surface area contributed by atoms with Crippen LogP contribution in [0.4, 0.5) is 5.69 Å². The van der Waals surface area contributed by atoms with E-state index in [0.717, 1.165) is 21.5 Å². The van der Waals surface area contributed by atoms with Crippen molar-refractivity contribution in [1.29, 1.82) is 0 Å². The molecule has 0 bridgehead atoms. The number of benzene rings is 4. The van der Waals surface area contributed by atoms with Gasteiger partial charge in [-0.2, -0.15) is 0 Å². The van der Waals surface area contributed by atoms with Crippen LogP contribution in [-0.4, -0.2) is 23.3 Å². The second-order valence-corrected chi connectivity index (χ2v) is 9.49. The quantitative estimate of drug-likeness (QED) is 0.143. The van der Waals surface area contributed by atoms with Crippen LogP contribution in [0, 0.1) is 0 Å². The molecule has 0 fully saturated rings. The molecular formula is C33H23N2O4-. The van der Waals surface area contributed by atoms with Gasteiger partial charge in [0.25, 0.3) is 11.5 Å². The first-order valence-electron chi connectivity index (χ1n) is 12.5. The van der Waals surface area contributed by atoms with E-state index >= 15 is 0 Å². The molecule has 5 aromatic rings. The summed E-state index contributed by atoms with van der Waals surface area (Å²) in [6, 6.07) is 22.5. The number of allylic oxidation sites excluding steroid dienone is 4. The highest BCUT2D eigenvalue weighted by Crippen LogP contribution is 2.35. The van der Waals surface area contributed by atoms with Crippen LogP contribution in [-0.2, 0) is 11.8 Å². The molecule has 4 aromatic carbocycles. The zero-order valence-corrected chi connectivity index (χ0v) is 21.3. The van der Waals surface area contributed by atoms with Crippen LogP contribution < -0.4 is 15.6 Å². The van der Waals surface area contributed by atoms with Crippen molar-refractivity contribution in [2.75, 3.05) is 11.9 Å². The van der Waals surface area contributed by atoms with E-state index in [9.17, 15) is 19.5 Å². The molecule has 39 heavy (non-hydrogen) atoms. The molecule has 0 N–H and O–H groups in total. The number of carbonyl (C=O) groups excluding carboxylic acids is 2. The molecule has 1 aliphatic rings. The molecule has 6 rings (SSSR count). The smallest absolute Gasteiger partial charge is 0.262 e. The average Bonchev–Trinajstić information content (AvgIpc) is 2.96. The molecule has 190 valence electrons. The van der Waals surface area contributed by atoms with Crippen molar-refractivity contribution in [2.45, 2.75) is 0 Å². The number of aromatic nitrogens is 1. The number of carbonyl (C=O) groups is 2. The predicted molar refractivity (Wildman–Crippen MR) is 154 cm³/mol. The van der Waals surface area contributed by atoms with E-state index in [-0.39, 0.29) is 22.7 Å². The van der Waals surface area contributed by atoms with Crippen LogP contribution in [0.25, 0.3) is 38.5 Å². The molecule has 0 saturated heterocycles. The third-order valence-corrected chi connectivity index (χ3v) is 7.30. The number of pyridine rings is 1. The summed E-state index contributed by atoms with van der Waals surface area (Å²) in [5.41, 5.74) is 1.34. The first kappa shape index (κ1) is 24.1. The molecule has 6 nitrogen and oxygen atoms in total. The fourth-order valence-electron chi connectivity index (χ4n) is 5.26. The van der Waals surface area contributed by atoms with Gasteiger partial charge in [0.2, 0.25) is 5.78 Å². The molecular weight excluding hydrogens is 488 g/mol. The van der Waals surface area contributed by atoms with Crippen molar-refractivity contribution in [2.24, 2.45) is 7.05 Å². The lowest BCUT2D eigenvalue weighted by Crippen LogP contribution is -2.36. The van der Waals surface area contributed by atoms with E-state index < -0.39 is 11.5 Å². The minimum Gasteiger partial charge on any atom is -0.871 e. The van der Waals surface area contributed by atoms with E-state index in [0.29, 0.717) is 22.2 Å². The molecule has 0 spiro atoms. The lowest BCUT2D eigenvalue weighted by atomic mass is 9.90. The summed E-state index contributed by atoms with van der Waals surface area (Å²) in [7, 11) is 3.30. The molecule has 1 aliphatic heterocycles. The second-order valence-electron chi connectivity index (χ2n) is 9.49. The van der Waals surface area contributed by atoms with Crippen LogP contribution in [0.1, 0.15) is 15.9 Å². The summed E-state index contributed by atoms with van der Waals surface area (Å²) >= 11 is 0. The van der Waals surface area contributed by atoms with Gasteiger partial charge in [-0.05, 0) is 45.1 Å². The zero-order chi connectivity index (χ0) is 27.3. The Hall–Kier alpha value is -5.23. The number of ketones is 1. The summed E-state index contributed by atoms with van der Waals surface area (Å²) < 4.78 is 1.48. The molecule has 0 aliphatic carbocycles. The second kappa shape index (κ2) is 9.26. The van der Waals surface area contributed by atoms with Gasteiger partial charge < -0.3 is 14.6 Å². The van der Waals surface area contributed by atoms with E-state index in [1.807, 2.05) is 60.7 Å². The molecule has 1 aromatic heterocycles. The van der Waals surface area contributed by atoms with Gasteiger partial charge in [-0.3, -0.25) is 14.4 Å². The first-order valence-corrected chi connectivity index (χ1v) is 12.5. The molecule has 2 heterocycles. The van der Waals surface area contributed by atoms with Crippen molar-refractivity contribution in [3.8, 4) is 5.75 Å². The maximum Gasteiger partial charge on any atom is 0.262 e. The van der Waals surface area contributed by atoms with Crippen LogP contribution in [0.5, 0.6) is 5.75 Å². The third kappa shape index (κ3) is 3.77. The van der Waals surface area contributed by atoms with Crippen LogP contribution >= 0.6 is 0 Å². The van der Waals surface area contributed by atoms with Crippen molar-refractivity contribution < 1.29 is 14.7 Å². The fraction of sp³-hybridized carbons (Fsp3) is 0.0606. The lowest BCUT2D eigenvalue weighted by molar-refractivity contribution is -0.266. The van der Waals surface area contributed by atoms with Crippen LogP contribution in [0.15, 0.2) is 107 Å². The molecule has 6 heteroatoms. The standard InChI is InChI=1S/C33H24N2O4/c1-34-26-18-16-20-10-6-8-12-22(20)28(26)30(36)24(32(34)38)14-4-3-5-15-25-31(37)29-23-13-9-7-11-21(23)17-19-27(29)35(2)33(25)39/h3-19,36H,1-2H3/p-1/b5-3?,14-4?,25-15-. The molecule has 0 radical (unpaired) electrons. The number of Topliss-reactive ketones (excluding diaryl/α,β-unsaturated/α-hetero) is 1. The third-order valence-electron chi connectivity index (χ3n) is 7.30. The number of anilines is 1. The highest BCUT2D eigenvalue weighted by atomic mass is 16.3. The summed E-state index contributed by atoms with van der Waals surface area (Å²) in [5, 5.41) is 17.3. The summed E-state index contributed by atoms with van der Waals surface area (Å²) in [6.07, 6.45) is 7.67. The maximum absolute atomic E-state index is 13.4. The minimum atomic E-state index is -0.395. The van der Waals surface area contributed by atoms with Gasteiger partial charge in [-0.25, -0.2) is 0 Å². The Morgan fingerprint density at radius 3 is 2.18 bits per heavy atom. The lowest BCUT2D eigenvalue weighted by Gasteiger charge is -2.27. The highest BCUT2D eigenvalue weighted by molar-refractivity contribution is 6.37. The van der Waals surface area contributed by atoms with Crippen molar-refractivity contribution in [3.63, 3.8) is 0 Å². The fourth-order valence-corrected chi connectivity index (χ4v) is 5.26. The van der Waals surface area contributed by atoms with Crippen molar-refractivity contribution >= 4 is 55.9 Å². The Morgan fingerprint density at radius 1 is 0.744 bits per heavy atom. The Bertz CT molecular complexity index is 2010. The number of hydrogen-bond acceptors (Lipinski definition) is 4. The zero-order valence-electron chi connectivity index (χ0n) is 21.3. The molecule has 0 atom stereocenters. The van der Waals surface area contributed by atoms with Gasteiger partial charge in [0.1, 0.15) is 0 Å². The van der Waals surface area contributed by atoms with E-state index in [1.165, 1.54) is 21.6 Å². The van der Waals surface area contributed by atoms with Gasteiger partial charge >= 0.3 is 0 Å². The summed E-state index contributed by atoms with van der Waals surface area (Å²) in [5.74, 6) is -1.07. The van der Waals surface area contributed by atoms with Crippen LogP contribution in [0.3, 0.4) is 0 Å². The largest absolute Gasteiger partial charge is 0.871 e. The minimum absolute atomic E-state index is 0.0450. The normalized spacial score (nSPS) is 15.0. The van der Waals surface area contributed by atoms with Crippen molar-refractivity contribution in [3.05, 3.63) is 124 Å². The number of hydrogen-bond donors (Lipinski definition) is 0. The topological polar surface area (TPSA) is 82.4 Å². The Morgan fingerprint density at radius 2 is 1.41 bits per heavy atom. The number of aryl methyl sites for hydroxylation is 1. The Labute approximate surface area is 224 Å². The van der Waals surface area contributed by atoms with E-state index in [1.54, 1.807) is 44.5 Å². The monoisotopic (exact) mass is 511 g/mol. The summed E-state index contributed by atoms with van der Waals surface area (Å²) in [6.45, 7) is 0. The number of amides is 1. The molecule has 0 saturated carbocycles. The molecule has 0 unspecified atom stereocenters. The SMILES string of the molecule is CN1C(=O)/C(=C\C=CC=Cc2c([O-])c3c4ccccc4ccc3n(C)c2=O)C(=O)c2c1ccc1ccccc21. The van der Waals surface area contributed by atoms with Gasteiger partial charge in [0.15, 0.2) is 0 Å². The number of fused-ring (bicyclic) bond motifs is 6. The number of nitrogens with zero attached hydrogens (tertiary/aromatic N) is 2. The Balaban J connectivity index is 1.37. The van der Waals surface area contributed by atoms with Crippen molar-refractivity contribution in [1.82, 2.24) is 4.57 Å². The number of rotatable bonds is 3. The average molecular weight is 512 g/mol.